The SMILES string of the molecule is O=Nc1c[nH]c2ccccc12. The van der Waals surface area contributed by atoms with E-state index in [4.69, 9.17) is 0 Å². The number of aromatic nitrogens is 1. The quantitative estimate of drug-likeness (QED) is 0.617. The van der Waals surface area contributed by atoms with Crippen LogP contribution in [0.25, 0.3) is 10.9 Å². The van der Waals surface area contributed by atoms with Crippen molar-refractivity contribution in [3.63, 3.8) is 0 Å². The van der Waals surface area contributed by atoms with Crippen molar-refractivity contribution in [2.45, 2.75) is 0 Å². The number of benzene rings is 1. The fourth-order valence-corrected chi connectivity index (χ4v) is 1.13. The van der Waals surface area contributed by atoms with Crippen LogP contribution in [0, 0.1) is 4.91 Å². The zero-order chi connectivity index (χ0) is 7.68. The Labute approximate surface area is 63.0 Å². The maximum absolute atomic E-state index is 10.2. The molecule has 1 N–H and O–H groups in total. The van der Waals surface area contributed by atoms with Crippen LogP contribution in [0.1, 0.15) is 0 Å². The maximum Gasteiger partial charge on any atom is 0.133 e. The van der Waals surface area contributed by atoms with Crippen LogP contribution in [0.4, 0.5) is 5.69 Å². The molecule has 1 aromatic heterocycles. The number of rotatable bonds is 1. The summed E-state index contributed by atoms with van der Waals surface area (Å²) in [5, 5.41) is 3.75. The number of nitrogens with zero attached hydrogens (tertiary/aromatic N) is 1. The molecule has 0 bridgehead atoms. The van der Waals surface area contributed by atoms with Gasteiger partial charge in [0.2, 0.25) is 0 Å². The molecule has 3 heteroatoms. The number of aromatic amines is 1. The lowest BCUT2D eigenvalue weighted by molar-refractivity contribution is 1.44. The van der Waals surface area contributed by atoms with Crippen LogP contribution in [0.3, 0.4) is 0 Å². The summed E-state index contributed by atoms with van der Waals surface area (Å²) in [6.07, 6.45) is 1.61. The van der Waals surface area contributed by atoms with Gasteiger partial charge in [0, 0.05) is 17.1 Å². The number of hydrogen-bond donors (Lipinski definition) is 1. The molecule has 0 saturated heterocycles. The second-order valence-electron chi connectivity index (χ2n) is 2.31. The van der Waals surface area contributed by atoms with Gasteiger partial charge in [-0.15, -0.1) is 4.91 Å². The van der Waals surface area contributed by atoms with E-state index in [1.165, 1.54) is 0 Å². The predicted molar refractivity (Wildman–Crippen MR) is 43.8 cm³/mol. The number of hydrogen-bond acceptors (Lipinski definition) is 2. The number of para-hydroxylation sites is 1. The van der Waals surface area contributed by atoms with Crippen molar-refractivity contribution < 1.29 is 0 Å². The minimum atomic E-state index is 0.473. The third-order valence-electron chi connectivity index (χ3n) is 1.67. The van der Waals surface area contributed by atoms with E-state index in [1.54, 1.807) is 6.20 Å². The molecule has 3 nitrogen and oxygen atoms in total. The molecule has 0 aliphatic carbocycles. The molecule has 1 aromatic carbocycles. The van der Waals surface area contributed by atoms with Gasteiger partial charge in [-0.05, 0) is 11.2 Å². The van der Waals surface area contributed by atoms with Crippen molar-refractivity contribution in [1.82, 2.24) is 4.98 Å². The summed E-state index contributed by atoms with van der Waals surface area (Å²) in [4.78, 5) is 13.2. The molecule has 2 rings (SSSR count). The summed E-state index contributed by atoms with van der Waals surface area (Å²) in [5.41, 5.74) is 1.42. The molecule has 0 aliphatic heterocycles. The highest BCUT2D eigenvalue weighted by atomic mass is 16.3. The van der Waals surface area contributed by atoms with Crippen LogP contribution < -0.4 is 0 Å². The van der Waals surface area contributed by atoms with Crippen LogP contribution in [-0.4, -0.2) is 4.98 Å². The van der Waals surface area contributed by atoms with Crippen molar-refractivity contribution in [2.24, 2.45) is 5.18 Å². The highest BCUT2D eigenvalue weighted by Gasteiger charge is 2.00. The lowest BCUT2D eigenvalue weighted by Gasteiger charge is -1.85. The maximum atomic E-state index is 10.2. The van der Waals surface area contributed by atoms with Gasteiger partial charge in [-0.3, -0.25) is 0 Å². The first kappa shape index (κ1) is 6.09. The third kappa shape index (κ3) is 0.816. The Hall–Kier alpha value is -1.64. The highest BCUT2D eigenvalue weighted by molar-refractivity contribution is 5.90. The van der Waals surface area contributed by atoms with E-state index in [-0.39, 0.29) is 0 Å². The monoisotopic (exact) mass is 146 g/mol. The smallest absolute Gasteiger partial charge is 0.133 e. The summed E-state index contributed by atoms with van der Waals surface area (Å²) in [5.74, 6) is 0. The Bertz CT molecular complexity index is 392. The fraction of sp³-hybridized carbons (Fsp3) is 0. The highest BCUT2D eigenvalue weighted by Crippen LogP contribution is 2.24. The van der Waals surface area contributed by atoms with Crippen molar-refractivity contribution in [3.8, 4) is 0 Å². The Morgan fingerprint density at radius 3 is 2.91 bits per heavy atom. The molecule has 0 spiro atoms. The average molecular weight is 146 g/mol. The Morgan fingerprint density at radius 2 is 2.09 bits per heavy atom. The minimum absolute atomic E-state index is 0.473. The zero-order valence-corrected chi connectivity index (χ0v) is 5.74. The van der Waals surface area contributed by atoms with Gasteiger partial charge in [0.1, 0.15) is 5.69 Å². The molecular weight excluding hydrogens is 140 g/mol. The molecule has 0 saturated carbocycles. The van der Waals surface area contributed by atoms with Crippen LogP contribution in [0.5, 0.6) is 0 Å². The van der Waals surface area contributed by atoms with Crippen molar-refractivity contribution in [1.29, 1.82) is 0 Å². The van der Waals surface area contributed by atoms with E-state index < -0.39 is 0 Å². The lowest BCUT2D eigenvalue weighted by atomic mass is 10.2. The van der Waals surface area contributed by atoms with Crippen LogP contribution in [0.2, 0.25) is 0 Å². The average Bonchev–Trinajstić information content (AvgIpc) is 2.47. The van der Waals surface area contributed by atoms with E-state index in [0.29, 0.717) is 5.69 Å². The van der Waals surface area contributed by atoms with Crippen LogP contribution in [-0.2, 0) is 0 Å². The van der Waals surface area contributed by atoms with E-state index in [0.717, 1.165) is 10.9 Å². The lowest BCUT2D eigenvalue weighted by Crippen LogP contribution is -1.62. The van der Waals surface area contributed by atoms with E-state index >= 15 is 0 Å². The summed E-state index contributed by atoms with van der Waals surface area (Å²) in [6.45, 7) is 0. The molecule has 2 aromatic rings. The van der Waals surface area contributed by atoms with E-state index in [1.807, 2.05) is 24.3 Å². The largest absolute Gasteiger partial charge is 0.359 e. The third-order valence-corrected chi connectivity index (χ3v) is 1.67. The van der Waals surface area contributed by atoms with Crippen molar-refractivity contribution in [2.75, 3.05) is 0 Å². The molecule has 0 unspecified atom stereocenters. The first-order valence-corrected chi connectivity index (χ1v) is 3.31. The topological polar surface area (TPSA) is 45.2 Å². The first-order chi connectivity index (χ1) is 5.42. The first-order valence-electron chi connectivity index (χ1n) is 3.31. The number of nitrogens with one attached hydrogen (secondary N) is 1. The van der Waals surface area contributed by atoms with Gasteiger partial charge in [-0.2, -0.15) is 0 Å². The van der Waals surface area contributed by atoms with Crippen LogP contribution >= 0.6 is 0 Å². The van der Waals surface area contributed by atoms with Crippen molar-refractivity contribution >= 4 is 16.6 Å². The molecule has 0 atom stereocenters. The van der Waals surface area contributed by atoms with Crippen molar-refractivity contribution in [3.05, 3.63) is 35.4 Å². The van der Waals surface area contributed by atoms with Crippen LogP contribution in [0.15, 0.2) is 35.6 Å². The van der Waals surface area contributed by atoms with E-state index in [2.05, 4.69) is 10.2 Å². The predicted octanol–water partition coefficient (Wildman–Crippen LogP) is 2.57. The van der Waals surface area contributed by atoms with E-state index in [9.17, 15) is 4.91 Å². The molecule has 0 amide bonds. The van der Waals surface area contributed by atoms with Gasteiger partial charge < -0.3 is 4.98 Å². The Balaban J connectivity index is 2.86. The summed E-state index contributed by atoms with van der Waals surface area (Å²) in [7, 11) is 0. The Kier molecular flexibility index (Phi) is 1.22. The summed E-state index contributed by atoms with van der Waals surface area (Å²) in [6, 6.07) is 7.56. The second kappa shape index (κ2) is 2.20. The fourth-order valence-electron chi connectivity index (χ4n) is 1.13. The van der Waals surface area contributed by atoms with Gasteiger partial charge in [0.15, 0.2) is 0 Å². The summed E-state index contributed by atoms with van der Waals surface area (Å²) >= 11 is 0. The molecule has 1 heterocycles. The zero-order valence-electron chi connectivity index (χ0n) is 5.74. The molecular formula is C8H6N2O. The van der Waals surface area contributed by atoms with Gasteiger partial charge >= 0.3 is 0 Å². The normalized spacial score (nSPS) is 10.2. The van der Waals surface area contributed by atoms with Gasteiger partial charge in [-0.25, -0.2) is 0 Å². The second-order valence-corrected chi connectivity index (χ2v) is 2.31. The van der Waals surface area contributed by atoms with Gasteiger partial charge in [0.25, 0.3) is 0 Å². The number of nitroso groups, excluding NO2 is 1. The summed E-state index contributed by atoms with van der Waals surface area (Å²) < 4.78 is 0. The molecule has 0 fully saturated rings. The van der Waals surface area contributed by atoms with Gasteiger partial charge in [0.05, 0.1) is 0 Å². The molecule has 0 aliphatic rings. The standard InChI is InChI=1S/C8H6N2O/c11-10-8-5-9-7-4-2-1-3-6(7)8/h1-5,9H. The molecule has 54 valence electrons. The number of H-pyrrole nitrogens is 1. The molecule has 0 radical (unpaired) electrons. The number of fused-ring (bicyclic) bond motifs is 1. The Morgan fingerprint density at radius 1 is 1.27 bits per heavy atom. The molecule has 11 heavy (non-hydrogen) atoms. The van der Waals surface area contributed by atoms with Gasteiger partial charge in [-0.1, -0.05) is 18.2 Å². The minimum Gasteiger partial charge on any atom is -0.359 e.